The van der Waals surface area contributed by atoms with Gasteiger partial charge in [0, 0.05) is 38.8 Å². The zero-order chi connectivity index (χ0) is 14.7. The highest BCUT2D eigenvalue weighted by atomic mass is 16.5. The summed E-state index contributed by atoms with van der Waals surface area (Å²) in [5, 5.41) is 3.26. The van der Waals surface area contributed by atoms with Gasteiger partial charge < -0.3 is 10.1 Å². The first kappa shape index (κ1) is 14.4. The third kappa shape index (κ3) is 3.57. The predicted molar refractivity (Wildman–Crippen MR) is 79.6 cm³/mol. The molecule has 2 aliphatic rings. The summed E-state index contributed by atoms with van der Waals surface area (Å²) in [6.07, 6.45) is 3.15. The molecule has 0 amide bonds. The summed E-state index contributed by atoms with van der Waals surface area (Å²) in [4.78, 5) is 23.0. The van der Waals surface area contributed by atoms with Crippen molar-refractivity contribution in [1.82, 2.24) is 14.9 Å². The molecule has 114 valence electrons. The SMILES string of the molecule is CC1CC(=O)c2cnc(NCCN3CCOCC3)nc2C1. The van der Waals surface area contributed by atoms with Crippen LogP contribution < -0.4 is 5.32 Å². The van der Waals surface area contributed by atoms with Gasteiger partial charge >= 0.3 is 0 Å². The van der Waals surface area contributed by atoms with Crippen LogP contribution in [0.2, 0.25) is 0 Å². The summed E-state index contributed by atoms with van der Waals surface area (Å²) in [6, 6.07) is 0. The maximum absolute atomic E-state index is 11.9. The highest BCUT2D eigenvalue weighted by Crippen LogP contribution is 2.23. The van der Waals surface area contributed by atoms with Crippen LogP contribution in [0.4, 0.5) is 5.95 Å². The molecule has 1 atom stereocenters. The molecule has 1 fully saturated rings. The van der Waals surface area contributed by atoms with Gasteiger partial charge in [-0.2, -0.15) is 0 Å². The minimum absolute atomic E-state index is 0.170. The molecule has 1 N–H and O–H groups in total. The number of ether oxygens (including phenoxy) is 1. The molecule has 1 unspecified atom stereocenters. The number of carbonyl (C=O) groups is 1. The zero-order valence-electron chi connectivity index (χ0n) is 12.5. The Morgan fingerprint density at radius 2 is 2.19 bits per heavy atom. The smallest absolute Gasteiger partial charge is 0.222 e. The number of anilines is 1. The molecule has 0 radical (unpaired) electrons. The minimum atomic E-state index is 0.170. The highest BCUT2D eigenvalue weighted by Gasteiger charge is 2.24. The second kappa shape index (κ2) is 6.49. The summed E-state index contributed by atoms with van der Waals surface area (Å²) in [5.74, 6) is 1.17. The van der Waals surface area contributed by atoms with E-state index in [-0.39, 0.29) is 5.78 Å². The van der Waals surface area contributed by atoms with Crippen LogP contribution in [-0.2, 0) is 11.2 Å². The predicted octanol–water partition coefficient (Wildman–Crippen LogP) is 0.986. The molecule has 0 saturated carbocycles. The van der Waals surface area contributed by atoms with Crippen LogP contribution in [0.15, 0.2) is 6.20 Å². The Morgan fingerprint density at radius 1 is 1.38 bits per heavy atom. The summed E-state index contributed by atoms with van der Waals surface area (Å²) >= 11 is 0. The molecule has 1 aliphatic carbocycles. The lowest BCUT2D eigenvalue weighted by Crippen LogP contribution is -2.39. The third-order valence-electron chi connectivity index (χ3n) is 4.06. The van der Waals surface area contributed by atoms with E-state index in [0.717, 1.165) is 51.5 Å². The van der Waals surface area contributed by atoms with Crippen molar-refractivity contribution in [2.75, 3.05) is 44.7 Å². The second-order valence-electron chi connectivity index (χ2n) is 5.87. The van der Waals surface area contributed by atoms with Crippen molar-refractivity contribution in [2.24, 2.45) is 5.92 Å². The molecule has 2 heterocycles. The molecule has 1 aliphatic heterocycles. The summed E-state index contributed by atoms with van der Waals surface area (Å²) in [6.45, 7) is 7.46. The van der Waals surface area contributed by atoms with Crippen molar-refractivity contribution in [3.8, 4) is 0 Å². The number of hydrogen-bond donors (Lipinski definition) is 1. The van der Waals surface area contributed by atoms with Gasteiger partial charge in [-0.25, -0.2) is 9.97 Å². The van der Waals surface area contributed by atoms with E-state index < -0.39 is 0 Å². The number of morpholine rings is 1. The number of ketones is 1. The number of hydrogen-bond acceptors (Lipinski definition) is 6. The first-order chi connectivity index (χ1) is 10.2. The molecule has 6 heteroatoms. The molecular formula is C15H22N4O2. The number of nitrogens with one attached hydrogen (secondary N) is 1. The average molecular weight is 290 g/mol. The molecule has 1 aromatic heterocycles. The van der Waals surface area contributed by atoms with Crippen molar-refractivity contribution in [1.29, 1.82) is 0 Å². The van der Waals surface area contributed by atoms with Crippen molar-refractivity contribution in [3.63, 3.8) is 0 Å². The Hall–Kier alpha value is -1.53. The van der Waals surface area contributed by atoms with Gasteiger partial charge in [0.2, 0.25) is 5.95 Å². The van der Waals surface area contributed by atoms with Crippen LogP contribution in [0, 0.1) is 5.92 Å². The summed E-state index contributed by atoms with van der Waals surface area (Å²) in [7, 11) is 0. The number of fused-ring (bicyclic) bond motifs is 1. The van der Waals surface area contributed by atoms with Gasteiger partial charge in [-0.15, -0.1) is 0 Å². The maximum atomic E-state index is 11.9. The van der Waals surface area contributed by atoms with Crippen LogP contribution in [0.1, 0.15) is 29.4 Å². The van der Waals surface area contributed by atoms with Crippen molar-refractivity contribution in [2.45, 2.75) is 19.8 Å². The van der Waals surface area contributed by atoms with Gasteiger partial charge in [-0.1, -0.05) is 6.92 Å². The quantitative estimate of drug-likeness (QED) is 0.892. The van der Waals surface area contributed by atoms with Crippen LogP contribution in [0.3, 0.4) is 0 Å². The van der Waals surface area contributed by atoms with Crippen LogP contribution >= 0.6 is 0 Å². The number of aromatic nitrogens is 2. The van der Waals surface area contributed by atoms with E-state index in [0.29, 0.717) is 23.9 Å². The topological polar surface area (TPSA) is 67.4 Å². The first-order valence-electron chi connectivity index (χ1n) is 7.65. The van der Waals surface area contributed by atoms with Crippen molar-refractivity contribution in [3.05, 3.63) is 17.5 Å². The first-order valence-corrected chi connectivity index (χ1v) is 7.65. The van der Waals surface area contributed by atoms with E-state index in [2.05, 4.69) is 27.1 Å². The van der Waals surface area contributed by atoms with Crippen LogP contribution in [0.25, 0.3) is 0 Å². The Balaban J connectivity index is 1.56. The molecule has 0 bridgehead atoms. The van der Waals surface area contributed by atoms with Crippen LogP contribution in [0.5, 0.6) is 0 Å². The lowest BCUT2D eigenvalue weighted by molar-refractivity contribution is 0.0398. The monoisotopic (exact) mass is 290 g/mol. The largest absolute Gasteiger partial charge is 0.379 e. The maximum Gasteiger partial charge on any atom is 0.222 e. The van der Waals surface area contributed by atoms with E-state index >= 15 is 0 Å². The molecule has 21 heavy (non-hydrogen) atoms. The highest BCUT2D eigenvalue weighted by molar-refractivity contribution is 5.98. The minimum Gasteiger partial charge on any atom is -0.379 e. The van der Waals surface area contributed by atoms with Crippen LogP contribution in [-0.4, -0.2) is 60.0 Å². The fourth-order valence-corrected chi connectivity index (χ4v) is 2.87. The Bertz CT molecular complexity index is 514. The number of Topliss-reactive ketones (excluding diaryl/α,β-unsaturated/α-hetero) is 1. The Kier molecular flexibility index (Phi) is 4.45. The fraction of sp³-hybridized carbons (Fsp3) is 0.667. The molecular weight excluding hydrogens is 268 g/mol. The average Bonchev–Trinajstić information content (AvgIpc) is 2.48. The summed E-state index contributed by atoms with van der Waals surface area (Å²) in [5.41, 5.74) is 1.59. The van der Waals surface area contributed by atoms with Crippen molar-refractivity contribution >= 4 is 11.7 Å². The van der Waals surface area contributed by atoms with Gasteiger partial charge in [0.15, 0.2) is 5.78 Å². The van der Waals surface area contributed by atoms with Gasteiger partial charge in [0.25, 0.3) is 0 Å². The van der Waals surface area contributed by atoms with Gasteiger partial charge in [0.1, 0.15) is 0 Å². The fourth-order valence-electron chi connectivity index (χ4n) is 2.87. The Labute approximate surface area is 124 Å². The van der Waals surface area contributed by atoms with E-state index in [9.17, 15) is 4.79 Å². The normalized spacial score (nSPS) is 22.9. The standard InChI is InChI=1S/C15H22N4O2/c1-11-8-13-12(14(20)9-11)10-17-15(18-13)16-2-3-19-4-6-21-7-5-19/h10-11H,2-9H2,1H3,(H,16,17,18). The Morgan fingerprint density at radius 3 is 3.00 bits per heavy atom. The molecule has 0 aromatic carbocycles. The van der Waals surface area contributed by atoms with Crippen molar-refractivity contribution < 1.29 is 9.53 Å². The second-order valence-corrected chi connectivity index (χ2v) is 5.87. The number of rotatable bonds is 4. The third-order valence-corrected chi connectivity index (χ3v) is 4.06. The van der Waals surface area contributed by atoms with E-state index in [1.165, 1.54) is 0 Å². The van der Waals surface area contributed by atoms with E-state index in [1.807, 2.05) is 0 Å². The van der Waals surface area contributed by atoms with Gasteiger partial charge in [0.05, 0.1) is 24.5 Å². The molecule has 6 nitrogen and oxygen atoms in total. The summed E-state index contributed by atoms with van der Waals surface area (Å²) < 4.78 is 5.33. The zero-order valence-corrected chi connectivity index (χ0v) is 12.5. The molecule has 1 aromatic rings. The lowest BCUT2D eigenvalue weighted by Gasteiger charge is -2.26. The van der Waals surface area contributed by atoms with E-state index in [1.54, 1.807) is 6.20 Å². The van der Waals surface area contributed by atoms with Gasteiger partial charge in [-0.05, 0) is 12.3 Å². The molecule has 0 spiro atoms. The van der Waals surface area contributed by atoms with E-state index in [4.69, 9.17) is 4.74 Å². The molecule has 1 saturated heterocycles. The van der Waals surface area contributed by atoms with Gasteiger partial charge in [-0.3, -0.25) is 9.69 Å². The number of carbonyl (C=O) groups excluding carboxylic acids is 1. The number of nitrogens with zero attached hydrogens (tertiary/aromatic N) is 3. The molecule has 3 rings (SSSR count). The lowest BCUT2D eigenvalue weighted by atomic mass is 9.88.